The summed E-state index contributed by atoms with van der Waals surface area (Å²) in [6.45, 7) is 4.54. The Labute approximate surface area is 85.9 Å². The van der Waals surface area contributed by atoms with Gasteiger partial charge in [-0.3, -0.25) is 0 Å². The molecule has 2 radical (unpaired) electrons. The molecule has 0 saturated heterocycles. The van der Waals surface area contributed by atoms with Gasteiger partial charge in [-0.15, -0.1) is 0 Å². The molecule has 0 aromatic carbocycles. The first-order valence-electron chi connectivity index (χ1n) is 6.05. The molecule has 1 atom stereocenters. The van der Waals surface area contributed by atoms with Crippen molar-refractivity contribution >= 4 is 7.85 Å². The predicted octanol–water partition coefficient (Wildman–Crippen LogP) is 4.35. The van der Waals surface area contributed by atoms with Crippen molar-refractivity contribution in [3.05, 3.63) is 0 Å². The van der Waals surface area contributed by atoms with Gasteiger partial charge in [0.25, 0.3) is 0 Å². The maximum Gasteiger partial charge on any atom is 0.0653 e. The summed E-state index contributed by atoms with van der Waals surface area (Å²) in [6.07, 6.45) is 11.8. The third-order valence-corrected chi connectivity index (χ3v) is 2.74. The highest BCUT2D eigenvalue weighted by Crippen LogP contribution is 2.20. The highest BCUT2D eigenvalue weighted by atomic mass is 14.1. The Balaban J connectivity index is 3.33. The van der Waals surface area contributed by atoms with Gasteiger partial charge in [-0.1, -0.05) is 71.5 Å². The third kappa shape index (κ3) is 8.40. The molecule has 1 heteroatoms. The van der Waals surface area contributed by atoms with Gasteiger partial charge in [-0.25, -0.2) is 0 Å². The zero-order chi connectivity index (χ0) is 9.94. The highest BCUT2D eigenvalue weighted by Gasteiger charge is 2.05. The number of unbranched alkanes of at least 4 members (excludes halogenated alkanes) is 3. The fourth-order valence-electron chi connectivity index (χ4n) is 1.94. The van der Waals surface area contributed by atoms with Crippen LogP contribution in [0.5, 0.6) is 0 Å². The van der Waals surface area contributed by atoms with Gasteiger partial charge in [0, 0.05) is 0 Å². The van der Waals surface area contributed by atoms with Crippen molar-refractivity contribution < 1.29 is 0 Å². The Morgan fingerprint density at radius 1 is 0.846 bits per heavy atom. The van der Waals surface area contributed by atoms with Crippen LogP contribution < -0.4 is 0 Å². The second kappa shape index (κ2) is 10.1. The molecule has 13 heavy (non-hydrogen) atoms. The van der Waals surface area contributed by atoms with Crippen LogP contribution in [0.2, 0.25) is 6.32 Å². The van der Waals surface area contributed by atoms with E-state index in [2.05, 4.69) is 13.8 Å². The topological polar surface area (TPSA) is 0 Å². The molecule has 1 unspecified atom stereocenters. The van der Waals surface area contributed by atoms with E-state index < -0.39 is 0 Å². The predicted molar refractivity (Wildman–Crippen MR) is 62.3 cm³/mol. The van der Waals surface area contributed by atoms with Gasteiger partial charge in [-0.2, -0.15) is 0 Å². The first kappa shape index (κ1) is 13.1. The van der Waals surface area contributed by atoms with Crippen LogP contribution in [-0.4, -0.2) is 7.85 Å². The smallest absolute Gasteiger partial charge is 0.0653 e. The molecule has 0 aliphatic heterocycles. The van der Waals surface area contributed by atoms with Crippen LogP contribution in [0.25, 0.3) is 0 Å². The largest absolute Gasteiger partial charge is 0.0884 e. The molecule has 0 bridgehead atoms. The molecule has 0 aliphatic carbocycles. The van der Waals surface area contributed by atoms with Gasteiger partial charge in [0.05, 0.1) is 7.85 Å². The number of hydrogen-bond acceptors (Lipinski definition) is 0. The van der Waals surface area contributed by atoms with Crippen LogP contribution in [0.15, 0.2) is 0 Å². The maximum atomic E-state index is 5.59. The zero-order valence-electron chi connectivity index (χ0n) is 9.52. The Morgan fingerprint density at radius 3 is 2.15 bits per heavy atom. The monoisotopic (exact) mass is 180 g/mol. The molecule has 0 fully saturated rings. The van der Waals surface area contributed by atoms with Crippen molar-refractivity contribution in [1.82, 2.24) is 0 Å². The molecule has 0 N–H and O–H groups in total. The zero-order valence-corrected chi connectivity index (χ0v) is 9.52. The van der Waals surface area contributed by atoms with E-state index in [9.17, 15) is 0 Å². The Hall–Kier alpha value is 0.0649. The Morgan fingerprint density at radius 2 is 1.62 bits per heavy atom. The van der Waals surface area contributed by atoms with E-state index in [0.717, 1.165) is 12.2 Å². The van der Waals surface area contributed by atoms with E-state index in [4.69, 9.17) is 7.85 Å². The molecule has 0 rings (SSSR count). The summed E-state index contributed by atoms with van der Waals surface area (Å²) in [6, 6.07) is 0. The van der Waals surface area contributed by atoms with Crippen LogP contribution in [-0.2, 0) is 0 Å². The summed E-state index contributed by atoms with van der Waals surface area (Å²) in [5.74, 6) is 0.909. The molecule has 0 aromatic heterocycles. The molecule has 0 saturated carbocycles. The van der Waals surface area contributed by atoms with Crippen molar-refractivity contribution in [3.63, 3.8) is 0 Å². The van der Waals surface area contributed by atoms with Gasteiger partial charge in [0.15, 0.2) is 0 Å². The first-order valence-corrected chi connectivity index (χ1v) is 6.05. The lowest BCUT2D eigenvalue weighted by Crippen LogP contribution is -1.99. The Kier molecular flexibility index (Phi) is 10.2. The molecule has 0 spiro atoms. The molecular formula is C12H25B. The summed E-state index contributed by atoms with van der Waals surface area (Å²) in [7, 11) is 5.59. The van der Waals surface area contributed by atoms with Crippen LogP contribution in [0.1, 0.15) is 65.2 Å². The highest BCUT2D eigenvalue weighted by molar-refractivity contribution is 6.08. The van der Waals surface area contributed by atoms with Crippen molar-refractivity contribution in [3.8, 4) is 0 Å². The average molecular weight is 180 g/mol. The van der Waals surface area contributed by atoms with Gasteiger partial charge >= 0.3 is 0 Å². The van der Waals surface area contributed by atoms with E-state index in [1.807, 2.05) is 0 Å². The SMILES string of the molecule is [B]CCC(CCC)CCCCCC. The lowest BCUT2D eigenvalue weighted by Gasteiger charge is -2.14. The van der Waals surface area contributed by atoms with Crippen LogP contribution in [0, 0.1) is 5.92 Å². The Bertz CT molecular complexity index is 85.1. The van der Waals surface area contributed by atoms with Gasteiger partial charge in [-0.05, 0) is 5.92 Å². The van der Waals surface area contributed by atoms with Crippen molar-refractivity contribution in [2.75, 3.05) is 0 Å². The fraction of sp³-hybridized carbons (Fsp3) is 1.00. The minimum absolute atomic E-state index is 0.873. The average Bonchev–Trinajstić information content (AvgIpc) is 2.13. The second-order valence-corrected chi connectivity index (χ2v) is 4.08. The second-order valence-electron chi connectivity index (χ2n) is 4.08. The van der Waals surface area contributed by atoms with Crippen LogP contribution >= 0.6 is 0 Å². The number of hydrogen-bond donors (Lipinski definition) is 0. The number of rotatable bonds is 9. The molecule has 0 nitrogen and oxygen atoms in total. The van der Waals surface area contributed by atoms with E-state index >= 15 is 0 Å². The summed E-state index contributed by atoms with van der Waals surface area (Å²) >= 11 is 0. The summed E-state index contributed by atoms with van der Waals surface area (Å²) < 4.78 is 0. The summed E-state index contributed by atoms with van der Waals surface area (Å²) in [5.41, 5.74) is 0. The van der Waals surface area contributed by atoms with E-state index in [1.54, 1.807) is 0 Å². The van der Waals surface area contributed by atoms with Gasteiger partial charge in [0.2, 0.25) is 0 Å². The first-order chi connectivity index (χ1) is 6.35. The summed E-state index contributed by atoms with van der Waals surface area (Å²) in [4.78, 5) is 0. The van der Waals surface area contributed by atoms with Gasteiger partial charge in [0.1, 0.15) is 0 Å². The molecule has 0 amide bonds. The molecular weight excluding hydrogens is 155 g/mol. The standard InChI is InChI=1S/C12H25B/c1-3-5-6-7-9-12(8-4-2)10-11-13/h12H,3-11H2,1-2H3. The van der Waals surface area contributed by atoms with Crippen LogP contribution in [0.3, 0.4) is 0 Å². The lowest BCUT2D eigenvalue weighted by molar-refractivity contribution is 0.410. The fourth-order valence-corrected chi connectivity index (χ4v) is 1.94. The minimum Gasteiger partial charge on any atom is -0.0884 e. The van der Waals surface area contributed by atoms with Crippen LogP contribution in [0.4, 0.5) is 0 Å². The van der Waals surface area contributed by atoms with E-state index in [0.29, 0.717) is 0 Å². The quantitative estimate of drug-likeness (QED) is 0.365. The molecule has 76 valence electrons. The normalized spacial score (nSPS) is 13.1. The van der Waals surface area contributed by atoms with Gasteiger partial charge < -0.3 is 0 Å². The maximum absolute atomic E-state index is 5.59. The third-order valence-electron chi connectivity index (χ3n) is 2.74. The van der Waals surface area contributed by atoms with E-state index in [-0.39, 0.29) is 0 Å². The molecule has 0 aromatic rings. The van der Waals surface area contributed by atoms with Crippen molar-refractivity contribution in [1.29, 1.82) is 0 Å². The van der Waals surface area contributed by atoms with Crippen molar-refractivity contribution in [2.45, 2.75) is 71.5 Å². The molecule has 0 aliphatic rings. The minimum atomic E-state index is 0.873. The molecule has 0 heterocycles. The summed E-state index contributed by atoms with van der Waals surface area (Å²) in [5, 5.41) is 0. The van der Waals surface area contributed by atoms with E-state index in [1.165, 1.54) is 51.4 Å². The van der Waals surface area contributed by atoms with Crippen molar-refractivity contribution in [2.24, 2.45) is 5.92 Å². The lowest BCUT2D eigenvalue weighted by atomic mass is 9.87.